The molecule has 4 aromatic rings. The van der Waals surface area contributed by atoms with Gasteiger partial charge in [0.05, 0.1) is 22.8 Å². The second-order valence-corrected chi connectivity index (χ2v) is 6.79. The summed E-state index contributed by atoms with van der Waals surface area (Å²) in [4.78, 5) is 27.3. The number of amides is 1. The SMILES string of the molecule is COc1cc([N+](=O)[O-])cc2sc(NC(=O)c3ccc(-c4ccccc4)o3)nc12. The van der Waals surface area contributed by atoms with Crippen LogP contribution in [0.25, 0.3) is 21.5 Å². The maximum atomic E-state index is 12.5. The number of carbonyl (C=O) groups is 1. The van der Waals surface area contributed by atoms with Gasteiger partial charge in [-0.05, 0) is 12.1 Å². The lowest BCUT2D eigenvalue weighted by Gasteiger charge is -2.00. The summed E-state index contributed by atoms with van der Waals surface area (Å²) in [6.45, 7) is 0. The number of nitrogens with zero attached hydrogens (tertiary/aromatic N) is 2. The first-order valence-electron chi connectivity index (χ1n) is 8.15. The number of thiazole rings is 1. The number of carbonyl (C=O) groups excluding carboxylic acids is 1. The lowest BCUT2D eigenvalue weighted by molar-refractivity contribution is -0.384. The summed E-state index contributed by atoms with van der Waals surface area (Å²) in [5.41, 5.74) is 1.20. The van der Waals surface area contributed by atoms with Crippen molar-refractivity contribution in [3.05, 3.63) is 70.5 Å². The molecule has 0 radical (unpaired) electrons. The van der Waals surface area contributed by atoms with Gasteiger partial charge < -0.3 is 9.15 Å². The molecule has 2 heterocycles. The second-order valence-electron chi connectivity index (χ2n) is 5.75. The van der Waals surface area contributed by atoms with E-state index in [4.69, 9.17) is 9.15 Å². The minimum absolute atomic E-state index is 0.107. The fraction of sp³-hybridized carbons (Fsp3) is 0.0526. The Bertz CT molecular complexity index is 1180. The molecule has 8 nitrogen and oxygen atoms in total. The van der Waals surface area contributed by atoms with Gasteiger partial charge in [-0.2, -0.15) is 0 Å². The fourth-order valence-corrected chi connectivity index (χ4v) is 3.59. The van der Waals surface area contributed by atoms with Gasteiger partial charge in [-0.1, -0.05) is 41.7 Å². The number of anilines is 1. The van der Waals surface area contributed by atoms with Crippen molar-refractivity contribution in [1.82, 2.24) is 4.98 Å². The molecular weight excluding hydrogens is 382 g/mol. The van der Waals surface area contributed by atoms with Crippen LogP contribution in [0.1, 0.15) is 10.6 Å². The number of nitro benzene ring substituents is 1. The highest BCUT2D eigenvalue weighted by molar-refractivity contribution is 7.22. The van der Waals surface area contributed by atoms with Gasteiger partial charge in [-0.3, -0.25) is 20.2 Å². The van der Waals surface area contributed by atoms with Gasteiger partial charge in [0, 0.05) is 11.6 Å². The number of ether oxygens (including phenoxy) is 1. The molecule has 0 aliphatic heterocycles. The lowest BCUT2D eigenvalue weighted by atomic mass is 10.2. The molecule has 0 bridgehead atoms. The Balaban J connectivity index is 1.60. The number of furan rings is 1. The molecule has 0 aliphatic rings. The Morgan fingerprint density at radius 3 is 2.71 bits per heavy atom. The van der Waals surface area contributed by atoms with Gasteiger partial charge in [0.15, 0.2) is 16.6 Å². The van der Waals surface area contributed by atoms with E-state index in [0.29, 0.717) is 16.0 Å². The van der Waals surface area contributed by atoms with E-state index < -0.39 is 10.8 Å². The van der Waals surface area contributed by atoms with E-state index >= 15 is 0 Å². The molecule has 0 fully saturated rings. The number of hydrogen-bond donors (Lipinski definition) is 1. The molecule has 0 spiro atoms. The van der Waals surface area contributed by atoms with Crippen molar-refractivity contribution in [3.8, 4) is 17.1 Å². The third-order valence-electron chi connectivity index (χ3n) is 3.98. The average Bonchev–Trinajstić information content (AvgIpc) is 3.34. The molecule has 2 aromatic carbocycles. The van der Waals surface area contributed by atoms with Crippen LogP contribution in [0.5, 0.6) is 5.75 Å². The molecule has 4 rings (SSSR count). The average molecular weight is 395 g/mol. The molecule has 0 saturated heterocycles. The highest BCUT2D eigenvalue weighted by Gasteiger charge is 2.19. The summed E-state index contributed by atoms with van der Waals surface area (Å²) in [5.74, 6) is 0.517. The zero-order chi connectivity index (χ0) is 19.7. The summed E-state index contributed by atoms with van der Waals surface area (Å²) >= 11 is 1.12. The molecular formula is C19H13N3O5S. The van der Waals surface area contributed by atoms with Crippen LogP contribution in [-0.2, 0) is 0 Å². The van der Waals surface area contributed by atoms with Crippen molar-refractivity contribution < 1.29 is 18.9 Å². The van der Waals surface area contributed by atoms with Crippen molar-refractivity contribution in [2.75, 3.05) is 12.4 Å². The van der Waals surface area contributed by atoms with E-state index in [1.54, 1.807) is 12.1 Å². The Labute approximate surface area is 162 Å². The Morgan fingerprint density at radius 2 is 2.00 bits per heavy atom. The largest absolute Gasteiger partial charge is 0.494 e. The number of hydrogen-bond acceptors (Lipinski definition) is 7. The van der Waals surface area contributed by atoms with Crippen molar-refractivity contribution in [2.45, 2.75) is 0 Å². The van der Waals surface area contributed by atoms with Gasteiger partial charge in [-0.15, -0.1) is 0 Å². The molecule has 140 valence electrons. The summed E-state index contributed by atoms with van der Waals surface area (Å²) in [5, 5.41) is 14.0. The van der Waals surface area contributed by atoms with Crippen LogP contribution in [0.15, 0.2) is 59.0 Å². The molecule has 28 heavy (non-hydrogen) atoms. The third kappa shape index (κ3) is 3.30. The summed E-state index contributed by atoms with van der Waals surface area (Å²) in [7, 11) is 1.41. The number of nitrogens with one attached hydrogen (secondary N) is 1. The van der Waals surface area contributed by atoms with Crippen LogP contribution in [0.3, 0.4) is 0 Å². The minimum atomic E-state index is -0.506. The summed E-state index contributed by atoms with van der Waals surface area (Å²) in [6.07, 6.45) is 0. The maximum Gasteiger partial charge on any atom is 0.293 e. The smallest absolute Gasteiger partial charge is 0.293 e. The van der Waals surface area contributed by atoms with Crippen molar-refractivity contribution in [1.29, 1.82) is 0 Å². The van der Waals surface area contributed by atoms with Gasteiger partial charge in [0.1, 0.15) is 11.3 Å². The quantitative estimate of drug-likeness (QED) is 0.387. The van der Waals surface area contributed by atoms with Crippen LogP contribution in [0.4, 0.5) is 10.8 Å². The lowest BCUT2D eigenvalue weighted by Crippen LogP contribution is -2.10. The Morgan fingerprint density at radius 1 is 1.21 bits per heavy atom. The van der Waals surface area contributed by atoms with E-state index in [-0.39, 0.29) is 22.3 Å². The normalized spacial score (nSPS) is 10.8. The van der Waals surface area contributed by atoms with Crippen molar-refractivity contribution in [3.63, 3.8) is 0 Å². The Kier molecular flexibility index (Phi) is 4.50. The molecule has 0 aliphatic carbocycles. The van der Waals surface area contributed by atoms with E-state index in [2.05, 4.69) is 10.3 Å². The minimum Gasteiger partial charge on any atom is -0.494 e. The number of nitro groups is 1. The predicted octanol–water partition coefficient (Wildman–Crippen LogP) is 4.73. The first-order valence-corrected chi connectivity index (χ1v) is 8.96. The first-order chi connectivity index (χ1) is 13.5. The van der Waals surface area contributed by atoms with Crippen LogP contribution >= 0.6 is 11.3 Å². The zero-order valence-electron chi connectivity index (χ0n) is 14.5. The van der Waals surface area contributed by atoms with Gasteiger partial charge >= 0.3 is 0 Å². The van der Waals surface area contributed by atoms with Crippen LogP contribution < -0.4 is 10.1 Å². The predicted molar refractivity (Wildman–Crippen MR) is 105 cm³/mol. The molecule has 0 unspecified atom stereocenters. The number of fused-ring (bicyclic) bond motifs is 1. The number of rotatable bonds is 5. The molecule has 1 N–H and O–H groups in total. The topological polar surface area (TPSA) is 108 Å². The summed E-state index contributed by atoms with van der Waals surface area (Å²) in [6, 6.07) is 15.4. The monoisotopic (exact) mass is 395 g/mol. The summed E-state index contributed by atoms with van der Waals surface area (Å²) < 4.78 is 11.3. The van der Waals surface area contributed by atoms with Crippen molar-refractivity contribution in [2.24, 2.45) is 0 Å². The molecule has 0 atom stereocenters. The highest BCUT2D eigenvalue weighted by Crippen LogP contribution is 2.36. The highest BCUT2D eigenvalue weighted by atomic mass is 32.1. The van der Waals surface area contributed by atoms with E-state index in [9.17, 15) is 14.9 Å². The van der Waals surface area contributed by atoms with Crippen LogP contribution in [0.2, 0.25) is 0 Å². The van der Waals surface area contributed by atoms with Gasteiger partial charge in [0.2, 0.25) is 0 Å². The second kappa shape index (κ2) is 7.12. The van der Waals surface area contributed by atoms with Crippen LogP contribution in [0, 0.1) is 10.1 Å². The number of aromatic nitrogens is 1. The Hall–Kier alpha value is -3.72. The maximum absolute atomic E-state index is 12.5. The van der Waals surface area contributed by atoms with E-state index in [0.717, 1.165) is 16.9 Å². The number of methoxy groups -OCH3 is 1. The number of non-ortho nitro benzene ring substituents is 1. The van der Waals surface area contributed by atoms with Gasteiger partial charge in [-0.25, -0.2) is 4.98 Å². The van der Waals surface area contributed by atoms with Gasteiger partial charge in [0.25, 0.3) is 11.6 Å². The zero-order valence-corrected chi connectivity index (χ0v) is 15.4. The van der Waals surface area contributed by atoms with E-state index in [1.807, 2.05) is 30.3 Å². The van der Waals surface area contributed by atoms with Crippen LogP contribution in [-0.4, -0.2) is 22.9 Å². The molecule has 0 saturated carbocycles. The standard InChI is InChI=1S/C19H13N3O5S/c1-26-15-9-12(22(24)25)10-16-17(15)20-19(28-16)21-18(23)14-8-7-13(27-14)11-5-3-2-4-6-11/h2-10H,1H3,(H,20,21,23). The first kappa shape index (κ1) is 17.7. The van der Waals surface area contributed by atoms with Crippen molar-refractivity contribution >= 4 is 38.3 Å². The molecule has 9 heteroatoms. The van der Waals surface area contributed by atoms with E-state index in [1.165, 1.54) is 19.2 Å². The number of benzene rings is 2. The third-order valence-corrected chi connectivity index (χ3v) is 4.90. The molecule has 2 aromatic heterocycles. The molecule has 1 amide bonds. The fourth-order valence-electron chi connectivity index (χ4n) is 2.68.